The Bertz CT molecular complexity index is 579. The normalized spacial score (nSPS) is 26.3. The van der Waals surface area contributed by atoms with Crippen molar-refractivity contribution in [3.8, 4) is 0 Å². The third-order valence-electron chi connectivity index (χ3n) is 6.54. The van der Waals surface area contributed by atoms with Crippen LogP contribution in [0.1, 0.15) is 36.8 Å². The van der Waals surface area contributed by atoms with Crippen LogP contribution in [-0.4, -0.2) is 56.6 Å². The van der Waals surface area contributed by atoms with E-state index in [0.717, 1.165) is 71.9 Å². The van der Waals surface area contributed by atoms with Gasteiger partial charge >= 0.3 is 0 Å². The Balaban J connectivity index is 1.20. The van der Waals surface area contributed by atoms with E-state index in [9.17, 15) is 0 Å². The second-order valence-electron chi connectivity index (χ2n) is 8.39. The quantitative estimate of drug-likeness (QED) is 0.698. The highest BCUT2D eigenvalue weighted by Gasteiger charge is 2.52. The van der Waals surface area contributed by atoms with Crippen molar-refractivity contribution in [3.05, 3.63) is 35.4 Å². The first kappa shape index (κ1) is 18.4. The number of nitrogens with zero attached hydrogens (tertiary/aromatic N) is 1. The second-order valence-corrected chi connectivity index (χ2v) is 8.39. The molecule has 3 fully saturated rings. The predicted octanol–water partition coefficient (Wildman–Crippen LogP) is 3.42. The molecule has 1 aromatic carbocycles. The highest BCUT2D eigenvalue weighted by atomic mass is 16.5. The lowest BCUT2D eigenvalue weighted by Crippen LogP contribution is -2.64. The average molecular weight is 360 g/mol. The van der Waals surface area contributed by atoms with Crippen molar-refractivity contribution in [1.82, 2.24) is 4.90 Å². The van der Waals surface area contributed by atoms with Gasteiger partial charge in [0.05, 0.1) is 5.60 Å². The standard InChI is InChI=1S/C22H33NO3/c1-18-4-2-3-5-20(18)14-23-16-22(17-23)21(9-13-26-22)8-12-25-15-19-6-10-24-11-7-19/h2-5,19,21H,6-17H2,1H3. The Morgan fingerprint density at radius 2 is 1.92 bits per heavy atom. The molecule has 4 heteroatoms. The van der Waals surface area contributed by atoms with Gasteiger partial charge in [-0.15, -0.1) is 0 Å². The summed E-state index contributed by atoms with van der Waals surface area (Å²) in [7, 11) is 0. The third-order valence-corrected chi connectivity index (χ3v) is 6.54. The molecule has 1 aromatic rings. The van der Waals surface area contributed by atoms with Gasteiger partial charge in [0.15, 0.2) is 0 Å². The molecule has 3 heterocycles. The summed E-state index contributed by atoms with van der Waals surface area (Å²) in [6.45, 7) is 9.92. The molecule has 1 spiro atoms. The van der Waals surface area contributed by atoms with E-state index < -0.39 is 0 Å². The van der Waals surface area contributed by atoms with Crippen LogP contribution in [0.3, 0.4) is 0 Å². The Hall–Kier alpha value is -0.940. The molecule has 3 aliphatic heterocycles. The summed E-state index contributed by atoms with van der Waals surface area (Å²) in [6, 6.07) is 8.71. The summed E-state index contributed by atoms with van der Waals surface area (Å²) in [5.41, 5.74) is 2.93. The van der Waals surface area contributed by atoms with Gasteiger partial charge < -0.3 is 14.2 Å². The summed E-state index contributed by atoms with van der Waals surface area (Å²) in [5, 5.41) is 0. The molecule has 0 amide bonds. The Kier molecular flexibility index (Phi) is 5.94. The van der Waals surface area contributed by atoms with Crippen molar-refractivity contribution >= 4 is 0 Å². The van der Waals surface area contributed by atoms with Gasteiger partial charge in [-0.05, 0) is 55.6 Å². The molecule has 4 rings (SSSR count). The van der Waals surface area contributed by atoms with Gasteiger partial charge in [0.25, 0.3) is 0 Å². The molecule has 0 saturated carbocycles. The molecular weight excluding hydrogens is 326 g/mol. The van der Waals surface area contributed by atoms with E-state index in [2.05, 4.69) is 36.1 Å². The van der Waals surface area contributed by atoms with E-state index in [0.29, 0.717) is 11.8 Å². The first-order valence-corrected chi connectivity index (χ1v) is 10.3. The molecule has 3 saturated heterocycles. The number of benzene rings is 1. The predicted molar refractivity (Wildman–Crippen MR) is 102 cm³/mol. The SMILES string of the molecule is Cc1ccccc1CN1CC2(C1)OCCC2CCOCC1CCOCC1. The number of hydrogen-bond donors (Lipinski definition) is 0. The molecule has 1 unspecified atom stereocenters. The van der Waals surface area contributed by atoms with Gasteiger partial charge in [-0.1, -0.05) is 24.3 Å². The van der Waals surface area contributed by atoms with Gasteiger partial charge in [0.1, 0.15) is 0 Å². The minimum absolute atomic E-state index is 0.102. The van der Waals surface area contributed by atoms with E-state index in [1.807, 2.05) is 0 Å². The van der Waals surface area contributed by atoms with Crippen LogP contribution in [0.25, 0.3) is 0 Å². The van der Waals surface area contributed by atoms with Crippen molar-refractivity contribution in [1.29, 1.82) is 0 Å². The first-order chi connectivity index (χ1) is 12.8. The smallest absolute Gasteiger partial charge is 0.0964 e. The van der Waals surface area contributed by atoms with E-state index >= 15 is 0 Å². The minimum Gasteiger partial charge on any atom is -0.381 e. The number of likely N-dealkylation sites (tertiary alicyclic amines) is 1. The number of ether oxygens (including phenoxy) is 3. The number of rotatable bonds is 7. The summed E-state index contributed by atoms with van der Waals surface area (Å²) < 4.78 is 17.7. The fourth-order valence-electron chi connectivity index (χ4n) is 4.78. The first-order valence-electron chi connectivity index (χ1n) is 10.3. The van der Waals surface area contributed by atoms with Crippen LogP contribution in [0.15, 0.2) is 24.3 Å². The minimum atomic E-state index is 0.102. The van der Waals surface area contributed by atoms with Crippen LogP contribution >= 0.6 is 0 Å². The number of aryl methyl sites for hydroxylation is 1. The van der Waals surface area contributed by atoms with Crippen LogP contribution in [0.2, 0.25) is 0 Å². The van der Waals surface area contributed by atoms with Gasteiger partial charge in [-0.2, -0.15) is 0 Å². The van der Waals surface area contributed by atoms with Crippen LogP contribution in [0, 0.1) is 18.8 Å². The Morgan fingerprint density at radius 1 is 1.12 bits per heavy atom. The third kappa shape index (κ3) is 4.14. The topological polar surface area (TPSA) is 30.9 Å². The molecule has 0 aliphatic carbocycles. The van der Waals surface area contributed by atoms with E-state index in [1.165, 1.54) is 17.5 Å². The van der Waals surface area contributed by atoms with Crippen molar-refractivity contribution in [2.75, 3.05) is 46.1 Å². The molecule has 3 aliphatic rings. The molecule has 0 radical (unpaired) electrons. The molecule has 1 atom stereocenters. The van der Waals surface area contributed by atoms with Crippen molar-refractivity contribution < 1.29 is 14.2 Å². The molecular formula is C22H33NO3. The highest BCUT2D eigenvalue weighted by Crippen LogP contribution is 2.42. The van der Waals surface area contributed by atoms with E-state index in [-0.39, 0.29) is 5.60 Å². The van der Waals surface area contributed by atoms with Gasteiger partial charge in [-0.3, -0.25) is 4.90 Å². The highest BCUT2D eigenvalue weighted by molar-refractivity contribution is 5.26. The summed E-state index contributed by atoms with van der Waals surface area (Å²) in [4.78, 5) is 2.53. The van der Waals surface area contributed by atoms with Crippen LogP contribution < -0.4 is 0 Å². The monoisotopic (exact) mass is 359 g/mol. The van der Waals surface area contributed by atoms with Crippen LogP contribution in [-0.2, 0) is 20.8 Å². The molecule has 4 nitrogen and oxygen atoms in total. The zero-order chi connectivity index (χ0) is 17.8. The lowest BCUT2D eigenvalue weighted by molar-refractivity contribution is -0.139. The lowest BCUT2D eigenvalue weighted by Gasteiger charge is -2.50. The van der Waals surface area contributed by atoms with Gasteiger partial charge in [0, 0.05) is 52.7 Å². The lowest BCUT2D eigenvalue weighted by atomic mass is 9.79. The van der Waals surface area contributed by atoms with Gasteiger partial charge in [-0.25, -0.2) is 0 Å². The zero-order valence-corrected chi connectivity index (χ0v) is 16.1. The fraction of sp³-hybridized carbons (Fsp3) is 0.727. The average Bonchev–Trinajstić information content (AvgIpc) is 3.05. The molecule has 0 bridgehead atoms. The Morgan fingerprint density at radius 3 is 2.73 bits per heavy atom. The molecule has 26 heavy (non-hydrogen) atoms. The van der Waals surface area contributed by atoms with Crippen molar-refractivity contribution in [2.45, 2.75) is 44.8 Å². The summed E-state index contributed by atoms with van der Waals surface area (Å²) >= 11 is 0. The van der Waals surface area contributed by atoms with Gasteiger partial charge in [0.2, 0.25) is 0 Å². The zero-order valence-electron chi connectivity index (χ0n) is 16.1. The second kappa shape index (κ2) is 8.39. The summed E-state index contributed by atoms with van der Waals surface area (Å²) in [5.74, 6) is 1.36. The van der Waals surface area contributed by atoms with Crippen LogP contribution in [0.4, 0.5) is 0 Å². The molecule has 144 valence electrons. The maximum absolute atomic E-state index is 6.22. The largest absolute Gasteiger partial charge is 0.381 e. The maximum Gasteiger partial charge on any atom is 0.0964 e. The molecule has 0 N–H and O–H groups in total. The Labute approximate surface area is 157 Å². The van der Waals surface area contributed by atoms with Crippen LogP contribution in [0.5, 0.6) is 0 Å². The fourth-order valence-corrected chi connectivity index (χ4v) is 4.78. The summed E-state index contributed by atoms with van der Waals surface area (Å²) in [6.07, 6.45) is 4.65. The van der Waals surface area contributed by atoms with Crippen molar-refractivity contribution in [2.24, 2.45) is 11.8 Å². The van der Waals surface area contributed by atoms with E-state index in [1.54, 1.807) is 0 Å². The van der Waals surface area contributed by atoms with Crippen molar-refractivity contribution in [3.63, 3.8) is 0 Å². The number of hydrogen-bond acceptors (Lipinski definition) is 4. The van der Waals surface area contributed by atoms with E-state index in [4.69, 9.17) is 14.2 Å². The maximum atomic E-state index is 6.22. The molecule has 0 aromatic heterocycles.